The van der Waals surface area contributed by atoms with Gasteiger partial charge < -0.3 is 15.8 Å². The Labute approximate surface area is 155 Å². The standard InChI is InChI=1S/C20H17N3O4/c21-20(26)14-6-8-16(9-7-14)23-17(24)12-27-18(25)11-15-4-1-3-13-5-2-10-22-19(13)15/h1-10H,11-12H2,(H2,21,26)(H,23,24). The van der Waals surface area contributed by atoms with Crippen LogP contribution in [0.1, 0.15) is 15.9 Å². The number of aromatic nitrogens is 1. The van der Waals surface area contributed by atoms with E-state index in [2.05, 4.69) is 10.3 Å². The highest BCUT2D eigenvalue weighted by atomic mass is 16.5. The van der Waals surface area contributed by atoms with E-state index in [-0.39, 0.29) is 6.42 Å². The van der Waals surface area contributed by atoms with E-state index < -0.39 is 24.4 Å². The second-order valence-corrected chi connectivity index (χ2v) is 5.82. The summed E-state index contributed by atoms with van der Waals surface area (Å²) in [7, 11) is 0. The molecule has 0 aliphatic rings. The Morgan fingerprint density at radius 3 is 2.48 bits per heavy atom. The van der Waals surface area contributed by atoms with Crippen LogP contribution < -0.4 is 11.1 Å². The molecule has 1 aromatic heterocycles. The summed E-state index contributed by atoms with van der Waals surface area (Å²) in [6.07, 6.45) is 1.68. The lowest BCUT2D eigenvalue weighted by Crippen LogP contribution is -2.21. The fourth-order valence-corrected chi connectivity index (χ4v) is 2.58. The van der Waals surface area contributed by atoms with Gasteiger partial charge >= 0.3 is 5.97 Å². The number of pyridine rings is 1. The van der Waals surface area contributed by atoms with Crippen LogP contribution in [-0.2, 0) is 20.7 Å². The van der Waals surface area contributed by atoms with Crippen molar-refractivity contribution < 1.29 is 19.1 Å². The van der Waals surface area contributed by atoms with Crippen molar-refractivity contribution in [1.29, 1.82) is 0 Å². The monoisotopic (exact) mass is 363 g/mol. The van der Waals surface area contributed by atoms with Crippen LogP contribution in [0.3, 0.4) is 0 Å². The molecule has 0 fully saturated rings. The van der Waals surface area contributed by atoms with E-state index in [4.69, 9.17) is 10.5 Å². The average molecular weight is 363 g/mol. The number of carbonyl (C=O) groups excluding carboxylic acids is 3. The van der Waals surface area contributed by atoms with Gasteiger partial charge in [-0.2, -0.15) is 0 Å². The van der Waals surface area contributed by atoms with Crippen LogP contribution in [0.4, 0.5) is 5.69 Å². The number of nitrogens with two attached hydrogens (primary N) is 1. The van der Waals surface area contributed by atoms with Crippen molar-refractivity contribution in [3.8, 4) is 0 Å². The molecule has 0 radical (unpaired) electrons. The molecular formula is C20H17N3O4. The number of ether oxygens (including phenoxy) is 1. The predicted octanol–water partition coefficient (Wildman–Crippen LogP) is 2.06. The van der Waals surface area contributed by atoms with Gasteiger partial charge in [-0.25, -0.2) is 0 Å². The summed E-state index contributed by atoms with van der Waals surface area (Å²) in [6.45, 7) is -0.408. The molecule has 2 amide bonds. The Morgan fingerprint density at radius 1 is 1.00 bits per heavy atom. The first-order valence-electron chi connectivity index (χ1n) is 8.21. The second kappa shape index (κ2) is 8.09. The van der Waals surface area contributed by atoms with Gasteiger partial charge in [0.15, 0.2) is 6.61 Å². The average Bonchev–Trinajstić information content (AvgIpc) is 2.67. The van der Waals surface area contributed by atoms with Crippen molar-refractivity contribution >= 4 is 34.4 Å². The molecule has 0 atom stereocenters. The van der Waals surface area contributed by atoms with Gasteiger partial charge in [-0.05, 0) is 35.9 Å². The zero-order valence-corrected chi connectivity index (χ0v) is 14.3. The summed E-state index contributed by atoms with van der Waals surface area (Å²) in [5.74, 6) is -1.55. The number of benzene rings is 2. The van der Waals surface area contributed by atoms with Gasteiger partial charge in [0, 0.05) is 22.8 Å². The Balaban J connectivity index is 1.54. The maximum atomic E-state index is 12.1. The third kappa shape index (κ3) is 4.66. The predicted molar refractivity (Wildman–Crippen MR) is 100.0 cm³/mol. The molecule has 0 bridgehead atoms. The normalized spacial score (nSPS) is 10.4. The molecule has 2 aromatic carbocycles. The first kappa shape index (κ1) is 18.1. The number of hydrogen-bond donors (Lipinski definition) is 2. The van der Waals surface area contributed by atoms with E-state index in [1.54, 1.807) is 24.4 Å². The molecule has 27 heavy (non-hydrogen) atoms. The molecule has 0 unspecified atom stereocenters. The van der Waals surface area contributed by atoms with Gasteiger partial charge in [0.25, 0.3) is 5.91 Å². The van der Waals surface area contributed by atoms with Crippen molar-refractivity contribution in [3.63, 3.8) is 0 Å². The van der Waals surface area contributed by atoms with Crippen molar-refractivity contribution in [3.05, 3.63) is 71.9 Å². The lowest BCUT2D eigenvalue weighted by molar-refractivity contribution is -0.146. The number of fused-ring (bicyclic) bond motifs is 1. The van der Waals surface area contributed by atoms with Gasteiger partial charge in [0.1, 0.15) is 0 Å². The molecule has 7 heteroatoms. The topological polar surface area (TPSA) is 111 Å². The molecule has 0 aliphatic carbocycles. The Hall–Kier alpha value is -3.74. The number of amides is 2. The zero-order valence-electron chi connectivity index (χ0n) is 14.3. The highest BCUT2D eigenvalue weighted by Gasteiger charge is 2.11. The molecule has 0 spiro atoms. The minimum atomic E-state index is -0.551. The smallest absolute Gasteiger partial charge is 0.310 e. The Kier molecular flexibility index (Phi) is 5.41. The minimum absolute atomic E-state index is 0.0228. The van der Waals surface area contributed by atoms with Crippen LogP contribution in [-0.4, -0.2) is 29.4 Å². The quantitative estimate of drug-likeness (QED) is 0.651. The fraction of sp³-hybridized carbons (Fsp3) is 0.100. The van der Waals surface area contributed by atoms with E-state index in [0.29, 0.717) is 11.3 Å². The molecule has 1 heterocycles. The first-order chi connectivity index (χ1) is 13.0. The number of carbonyl (C=O) groups is 3. The Bertz CT molecular complexity index is 994. The van der Waals surface area contributed by atoms with E-state index in [9.17, 15) is 14.4 Å². The van der Waals surface area contributed by atoms with Crippen LogP contribution in [0.2, 0.25) is 0 Å². The van der Waals surface area contributed by atoms with Crippen molar-refractivity contribution in [2.75, 3.05) is 11.9 Å². The maximum absolute atomic E-state index is 12.1. The number of nitrogens with zero attached hydrogens (tertiary/aromatic N) is 1. The lowest BCUT2D eigenvalue weighted by Gasteiger charge is -2.08. The number of rotatable bonds is 6. The van der Waals surface area contributed by atoms with E-state index in [0.717, 1.165) is 16.5 Å². The number of esters is 1. The number of anilines is 1. The van der Waals surface area contributed by atoms with E-state index in [1.165, 1.54) is 12.1 Å². The van der Waals surface area contributed by atoms with Crippen molar-refractivity contribution in [2.45, 2.75) is 6.42 Å². The van der Waals surface area contributed by atoms with Crippen LogP contribution >= 0.6 is 0 Å². The highest BCUT2D eigenvalue weighted by molar-refractivity contribution is 5.95. The third-order valence-electron chi connectivity index (χ3n) is 3.87. The number of nitrogens with one attached hydrogen (secondary N) is 1. The summed E-state index contributed by atoms with van der Waals surface area (Å²) in [6, 6.07) is 15.4. The number of hydrogen-bond acceptors (Lipinski definition) is 5. The van der Waals surface area contributed by atoms with Gasteiger partial charge in [0.2, 0.25) is 5.91 Å². The summed E-state index contributed by atoms with van der Waals surface area (Å²) in [5.41, 5.74) is 7.43. The fourth-order valence-electron chi connectivity index (χ4n) is 2.58. The summed E-state index contributed by atoms with van der Waals surface area (Å²) in [5, 5.41) is 3.51. The molecule has 3 N–H and O–H groups in total. The first-order valence-corrected chi connectivity index (χ1v) is 8.21. The van der Waals surface area contributed by atoms with Gasteiger partial charge in [-0.15, -0.1) is 0 Å². The minimum Gasteiger partial charge on any atom is -0.455 e. The van der Waals surface area contributed by atoms with E-state index >= 15 is 0 Å². The largest absolute Gasteiger partial charge is 0.455 e. The lowest BCUT2D eigenvalue weighted by atomic mass is 10.1. The SMILES string of the molecule is NC(=O)c1ccc(NC(=O)COC(=O)Cc2cccc3cccnc23)cc1. The van der Waals surface area contributed by atoms with Crippen LogP contribution in [0, 0.1) is 0 Å². The zero-order chi connectivity index (χ0) is 19.2. The van der Waals surface area contributed by atoms with Crippen LogP contribution in [0.5, 0.6) is 0 Å². The highest BCUT2D eigenvalue weighted by Crippen LogP contribution is 2.16. The van der Waals surface area contributed by atoms with Crippen LogP contribution in [0.25, 0.3) is 10.9 Å². The van der Waals surface area contributed by atoms with Gasteiger partial charge in [-0.1, -0.05) is 24.3 Å². The molecule has 0 saturated carbocycles. The number of para-hydroxylation sites is 1. The van der Waals surface area contributed by atoms with Gasteiger partial charge in [0.05, 0.1) is 11.9 Å². The molecule has 0 saturated heterocycles. The van der Waals surface area contributed by atoms with Crippen molar-refractivity contribution in [1.82, 2.24) is 4.98 Å². The molecule has 3 aromatic rings. The maximum Gasteiger partial charge on any atom is 0.310 e. The molecular weight excluding hydrogens is 346 g/mol. The Morgan fingerprint density at radius 2 is 1.74 bits per heavy atom. The molecule has 3 rings (SSSR count). The summed E-state index contributed by atoms with van der Waals surface area (Å²) >= 11 is 0. The second-order valence-electron chi connectivity index (χ2n) is 5.82. The van der Waals surface area contributed by atoms with Crippen LogP contribution in [0.15, 0.2) is 60.8 Å². The third-order valence-corrected chi connectivity index (χ3v) is 3.87. The molecule has 7 nitrogen and oxygen atoms in total. The van der Waals surface area contributed by atoms with E-state index in [1.807, 2.05) is 24.3 Å². The summed E-state index contributed by atoms with van der Waals surface area (Å²) < 4.78 is 5.04. The summed E-state index contributed by atoms with van der Waals surface area (Å²) in [4.78, 5) is 39.3. The molecule has 0 aliphatic heterocycles. The molecule has 136 valence electrons. The van der Waals surface area contributed by atoms with Crippen molar-refractivity contribution in [2.24, 2.45) is 5.73 Å². The number of primary amides is 1. The van der Waals surface area contributed by atoms with Gasteiger partial charge in [-0.3, -0.25) is 19.4 Å².